The van der Waals surface area contributed by atoms with Crippen LogP contribution in [0.5, 0.6) is 5.75 Å². The molecule has 0 aromatic heterocycles. The lowest BCUT2D eigenvalue weighted by atomic mass is 10.2. The molecule has 1 N–H and O–H groups in total. The van der Waals surface area contributed by atoms with Crippen molar-refractivity contribution >= 4 is 46.6 Å². The Morgan fingerprint density at radius 1 is 1.30 bits per heavy atom. The van der Waals surface area contributed by atoms with Crippen molar-refractivity contribution in [2.75, 3.05) is 7.11 Å². The molecule has 154 valence electrons. The molecule has 7 nitrogen and oxygen atoms in total. The summed E-state index contributed by atoms with van der Waals surface area (Å²) in [7, 11) is 1.22. The molecule has 0 radical (unpaired) electrons. The standard InChI is InChI=1S/C20H15ClFN3O4S/c1-28-18(26)9-17-19(27)24-20(30-17)25-23-10-12-4-2-5-13(8-12)29-11-14-15(21)6-3-7-16(14)22/h2-10H,11H2,1H3,(H,24,25,27)/b17-9+,23-10?. The van der Waals surface area contributed by atoms with E-state index in [9.17, 15) is 14.0 Å². The first-order chi connectivity index (χ1) is 14.5. The Morgan fingerprint density at radius 3 is 2.87 bits per heavy atom. The molecule has 1 heterocycles. The number of halogens is 2. The lowest BCUT2D eigenvalue weighted by Crippen LogP contribution is -2.19. The van der Waals surface area contributed by atoms with Gasteiger partial charge in [-0.1, -0.05) is 29.8 Å². The van der Waals surface area contributed by atoms with Crippen LogP contribution in [0.4, 0.5) is 4.39 Å². The maximum Gasteiger partial charge on any atom is 0.331 e. The van der Waals surface area contributed by atoms with Gasteiger partial charge in [0.25, 0.3) is 5.91 Å². The number of amides is 1. The van der Waals surface area contributed by atoms with Gasteiger partial charge in [0.15, 0.2) is 5.17 Å². The fraction of sp³-hybridized carbons (Fsp3) is 0.100. The number of methoxy groups -OCH3 is 1. The third kappa shape index (κ3) is 5.68. The van der Waals surface area contributed by atoms with E-state index in [1.807, 2.05) is 0 Å². The topological polar surface area (TPSA) is 89.3 Å². The molecule has 0 atom stereocenters. The van der Waals surface area contributed by atoms with Crippen molar-refractivity contribution in [2.45, 2.75) is 6.61 Å². The zero-order valence-corrected chi connectivity index (χ0v) is 17.2. The lowest BCUT2D eigenvalue weighted by molar-refractivity contribution is -0.135. The summed E-state index contributed by atoms with van der Waals surface area (Å²) in [6, 6.07) is 11.4. The monoisotopic (exact) mass is 447 g/mol. The molecule has 0 aliphatic carbocycles. The normalized spacial score (nSPS) is 16.3. The van der Waals surface area contributed by atoms with Gasteiger partial charge in [0, 0.05) is 11.6 Å². The van der Waals surface area contributed by atoms with E-state index in [-0.39, 0.29) is 22.2 Å². The molecule has 0 unspecified atom stereocenters. The van der Waals surface area contributed by atoms with Crippen molar-refractivity contribution in [3.05, 3.63) is 75.4 Å². The summed E-state index contributed by atoms with van der Waals surface area (Å²) < 4.78 is 23.9. The molecular formula is C20H15ClFN3O4S. The number of nitrogens with one attached hydrogen (secondary N) is 1. The zero-order chi connectivity index (χ0) is 21.5. The molecule has 2 aromatic carbocycles. The van der Waals surface area contributed by atoms with E-state index in [1.54, 1.807) is 30.3 Å². The fourth-order valence-electron chi connectivity index (χ4n) is 2.30. The van der Waals surface area contributed by atoms with E-state index in [0.29, 0.717) is 16.3 Å². The number of rotatable bonds is 6. The molecular weight excluding hydrogens is 433 g/mol. The minimum atomic E-state index is -0.633. The van der Waals surface area contributed by atoms with Gasteiger partial charge in [-0.15, -0.1) is 5.10 Å². The predicted molar refractivity (Wildman–Crippen MR) is 113 cm³/mol. The van der Waals surface area contributed by atoms with Crippen LogP contribution in [-0.2, 0) is 20.9 Å². The van der Waals surface area contributed by atoms with Crippen molar-refractivity contribution < 1.29 is 23.5 Å². The van der Waals surface area contributed by atoms with Crippen LogP contribution in [0.2, 0.25) is 5.02 Å². The highest BCUT2D eigenvalue weighted by Crippen LogP contribution is 2.24. The number of thioether (sulfide) groups is 1. The second-order valence-electron chi connectivity index (χ2n) is 5.80. The third-order valence-corrected chi connectivity index (χ3v) is 5.01. The summed E-state index contributed by atoms with van der Waals surface area (Å²) in [5.41, 5.74) is 0.950. The quantitative estimate of drug-likeness (QED) is 0.316. The second-order valence-corrected chi connectivity index (χ2v) is 7.24. The molecule has 1 saturated heterocycles. The minimum absolute atomic E-state index is 0.0214. The highest BCUT2D eigenvalue weighted by molar-refractivity contribution is 8.18. The van der Waals surface area contributed by atoms with Crippen LogP contribution in [-0.4, -0.2) is 30.4 Å². The highest BCUT2D eigenvalue weighted by Gasteiger charge is 2.25. The number of carbonyl (C=O) groups excluding carboxylic acids is 2. The largest absolute Gasteiger partial charge is 0.489 e. The van der Waals surface area contributed by atoms with Crippen LogP contribution in [0.15, 0.2) is 63.6 Å². The average molecular weight is 448 g/mol. The first-order valence-electron chi connectivity index (χ1n) is 8.52. The SMILES string of the molecule is COC(=O)/C=C1/S/C(=N\N=Cc2cccc(OCc3c(F)cccc3Cl)c2)NC1=O. The molecule has 10 heteroatoms. The Kier molecular flexibility index (Phi) is 7.21. The van der Waals surface area contributed by atoms with Gasteiger partial charge >= 0.3 is 5.97 Å². The first-order valence-corrected chi connectivity index (χ1v) is 9.71. The van der Waals surface area contributed by atoms with Crippen LogP contribution in [0.3, 0.4) is 0 Å². The Hall–Kier alpha value is -3.17. The third-order valence-electron chi connectivity index (χ3n) is 3.76. The van der Waals surface area contributed by atoms with Crippen molar-refractivity contribution in [3.8, 4) is 5.75 Å². The van der Waals surface area contributed by atoms with Crippen molar-refractivity contribution in [1.82, 2.24) is 5.32 Å². The molecule has 30 heavy (non-hydrogen) atoms. The summed E-state index contributed by atoms with van der Waals surface area (Å²) in [6.07, 6.45) is 2.54. The number of carbonyl (C=O) groups is 2. The average Bonchev–Trinajstić information content (AvgIpc) is 3.07. The number of hydrogen-bond donors (Lipinski definition) is 1. The Morgan fingerprint density at radius 2 is 2.10 bits per heavy atom. The van der Waals surface area contributed by atoms with Crippen LogP contribution < -0.4 is 10.1 Å². The molecule has 1 aliphatic rings. The summed E-state index contributed by atoms with van der Waals surface area (Å²) in [6.45, 7) is -0.0214. The molecule has 1 amide bonds. The van der Waals surface area contributed by atoms with Crippen molar-refractivity contribution in [1.29, 1.82) is 0 Å². The van der Waals surface area contributed by atoms with E-state index in [2.05, 4.69) is 20.3 Å². The van der Waals surface area contributed by atoms with Crippen LogP contribution in [0.1, 0.15) is 11.1 Å². The Balaban J connectivity index is 1.63. The van der Waals surface area contributed by atoms with Crippen molar-refractivity contribution in [3.63, 3.8) is 0 Å². The summed E-state index contributed by atoms with van der Waals surface area (Å²) in [4.78, 5) is 23.2. The van der Waals surface area contributed by atoms with E-state index in [4.69, 9.17) is 16.3 Å². The predicted octanol–water partition coefficient (Wildman–Crippen LogP) is 3.67. The molecule has 1 aliphatic heterocycles. The molecule has 1 fully saturated rings. The van der Waals surface area contributed by atoms with E-state index in [1.165, 1.54) is 25.5 Å². The summed E-state index contributed by atoms with van der Waals surface area (Å²) in [5.74, 6) is -1.03. The number of esters is 1. The minimum Gasteiger partial charge on any atom is -0.489 e. The molecule has 0 bridgehead atoms. The Bertz CT molecular complexity index is 1050. The van der Waals surface area contributed by atoms with Gasteiger partial charge in [0.05, 0.1) is 23.3 Å². The van der Waals surface area contributed by atoms with Crippen LogP contribution in [0.25, 0.3) is 0 Å². The van der Waals surface area contributed by atoms with E-state index >= 15 is 0 Å². The second kappa shape index (κ2) is 10.0. The summed E-state index contributed by atoms with van der Waals surface area (Å²) in [5, 5.41) is 10.9. The Labute approximate surface area is 180 Å². The number of hydrogen-bond acceptors (Lipinski definition) is 7. The number of benzene rings is 2. The molecule has 3 rings (SSSR count). The van der Waals surface area contributed by atoms with Crippen LogP contribution >= 0.6 is 23.4 Å². The smallest absolute Gasteiger partial charge is 0.331 e. The molecule has 0 spiro atoms. The van der Waals surface area contributed by atoms with Gasteiger partial charge in [-0.05, 0) is 41.6 Å². The van der Waals surface area contributed by atoms with Gasteiger partial charge in [-0.2, -0.15) is 5.10 Å². The fourth-order valence-corrected chi connectivity index (χ4v) is 3.26. The number of ether oxygens (including phenoxy) is 2. The van der Waals surface area contributed by atoms with Crippen molar-refractivity contribution in [2.24, 2.45) is 10.2 Å². The van der Waals surface area contributed by atoms with Gasteiger partial charge in [-0.25, -0.2) is 9.18 Å². The number of amidine groups is 1. The maximum absolute atomic E-state index is 13.8. The first kappa shape index (κ1) is 21.5. The van der Waals surface area contributed by atoms with E-state index in [0.717, 1.165) is 17.8 Å². The lowest BCUT2D eigenvalue weighted by Gasteiger charge is -2.09. The molecule has 2 aromatic rings. The van der Waals surface area contributed by atoms with Gasteiger partial charge in [0.1, 0.15) is 18.2 Å². The highest BCUT2D eigenvalue weighted by atomic mass is 35.5. The van der Waals surface area contributed by atoms with E-state index < -0.39 is 17.7 Å². The summed E-state index contributed by atoms with van der Waals surface area (Å²) >= 11 is 6.97. The van der Waals surface area contributed by atoms with Crippen LogP contribution in [0, 0.1) is 5.82 Å². The molecule has 0 saturated carbocycles. The number of nitrogens with zero attached hydrogens (tertiary/aromatic N) is 2. The van der Waals surface area contributed by atoms with Gasteiger partial charge < -0.3 is 9.47 Å². The maximum atomic E-state index is 13.8. The van der Waals surface area contributed by atoms with Gasteiger partial charge in [-0.3, -0.25) is 10.1 Å². The zero-order valence-electron chi connectivity index (χ0n) is 15.6. The van der Waals surface area contributed by atoms with Gasteiger partial charge in [0.2, 0.25) is 0 Å².